The van der Waals surface area contributed by atoms with E-state index in [-0.39, 0.29) is 0 Å². The summed E-state index contributed by atoms with van der Waals surface area (Å²) in [6, 6.07) is 5.37. The first kappa shape index (κ1) is 13.3. The van der Waals surface area contributed by atoms with Gasteiger partial charge in [0.1, 0.15) is 11.4 Å². The maximum absolute atomic E-state index is 11.0. The smallest absolute Gasteiger partial charge is 0.407 e. The number of nitrogens with zero attached hydrogens (tertiary/aromatic N) is 3. The van der Waals surface area contributed by atoms with Crippen molar-refractivity contribution in [2.75, 3.05) is 19.4 Å². The van der Waals surface area contributed by atoms with Crippen molar-refractivity contribution < 1.29 is 14.6 Å². The minimum atomic E-state index is -0.907. The van der Waals surface area contributed by atoms with E-state index in [1.165, 1.54) is 4.90 Å². The number of nitrogens with two attached hydrogens (primary N) is 1. The van der Waals surface area contributed by atoms with Gasteiger partial charge < -0.3 is 20.5 Å². The molecule has 2 heterocycles. The minimum absolute atomic E-state index is 0.356. The van der Waals surface area contributed by atoms with Gasteiger partial charge in [-0.05, 0) is 18.2 Å². The molecule has 0 radical (unpaired) electrons. The number of hydrogen-bond donors (Lipinski definition) is 2. The predicted molar refractivity (Wildman–Crippen MR) is 76.7 cm³/mol. The van der Waals surface area contributed by atoms with E-state index in [0.717, 1.165) is 16.9 Å². The van der Waals surface area contributed by atoms with E-state index < -0.39 is 6.09 Å². The molecule has 0 atom stereocenters. The number of carbonyl (C=O) groups is 1. The molecule has 1 aliphatic heterocycles. The molecule has 3 N–H and O–H groups in total. The standard InChI is InChI=1S/C14H16N4O3/c1-21-13-3-2-10(15)6-12(13)18-11-4-5-17(14(19)20)8-9(11)7-16-18/h2-3,6-7H,4-5,8,15H2,1H3,(H,19,20). The molecule has 7 heteroatoms. The lowest BCUT2D eigenvalue weighted by Crippen LogP contribution is -2.35. The van der Waals surface area contributed by atoms with Crippen LogP contribution in [-0.4, -0.2) is 39.5 Å². The van der Waals surface area contributed by atoms with Crippen LogP contribution in [0.1, 0.15) is 11.3 Å². The van der Waals surface area contributed by atoms with Crippen molar-refractivity contribution in [1.29, 1.82) is 0 Å². The number of carboxylic acid groups (broad SMARTS) is 1. The van der Waals surface area contributed by atoms with Gasteiger partial charge in [-0.25, -0.2) is 9.48 Å². The number of nitrogen functional groups attached to an aromatic ring is 1. The Morgan fingerprint density at radius 3 is 3.00 bits per heavy atom. The minimum Gasteiger partial charge on any atom is -0.494 e. The molecule has 0 fully saturated rings. The van der Waals surface area contributed by atoms with Crippen LogP contribution in [0.2, 0.25) is 0 Å². The second-order valence-electron chi connectivity index (χ2n) is 4.91. The van der Waals surface area contributed by atoms with Gasteiger partial charge in [-0.3, -0.25) is 0 Å². The molecule has 0 bridgehead atoms. The number of methoxy groups -OCH3 is 1. The number of amides is 1. The summed E-state index contributed by atoms with van der Waals surface area (Å²) in [4.78, 5) is 12.4. The van der Waals surface area contributed by atoms with Gasteiger partial charge in [-0.15, -0.1) is 0 Å². The summed E-state index contributed by atoms with van der Waals surface area (Å²) in [5.41, 5.74) is 9.14. The molecule has 0 spiro atoms. The Kier molecular flexibility index (Phi) is 3.17. The fourth-order valence-corrected chi connectivity index (χ4v) is 2.58. The lowest BCUT2D eigenvalue weighted by atomic mass is 10.1. The summed E-state index contributed by atoms with van der Waals surface area (Å²) in [7, 11) is 1.59. The fourth-order valence-electron chi connectivity index (χ4n) is 2.58. The molecule has 7 nitrogen and oxygen atoms in total. The van der Waals surface area contributed by atoms with E-state index in [4.69, 9.17) is 15.6 Å². The van der Waals surface area contributed by atoms with E-state index in [0.29, 0.717) is 30.9 Å². The molecular weight excluding hydrogens is 272 g/mol. The van der Waals surface area contributed by atoms with Crippen molar-refractivity contribution in [3.8, 4) is 11.4 Å². The van der Waals surface area contributed by atoms with Gasteiger partial charge in [0.05, 0.1) is 25.5 Å². The number of benzene rings is 1. The van der Waals surface area contributed by atoms with Crippen LogP contribution in [0.25, 0.3) is 5.69 Å². The van der Waals surface area contributed by atoms with Gasteiger partial charge in [0, 0.05) is 24.2 Å². The van der Waals surface area contributed by atoms with Crippen LogP contribution in [0.4, 0.5) is 10.5 Å². The normalized spacial score (nSPS) is 13.9. The van der Waals surface area contributed by atoms with E-state index in [9.17, 15) is 4.79 Å². The zero-order valence-electron chi connectivity index (χ0n) is 11.6. The highest BCUT2D eigenvalue weighted by Gasteiger charge is 2.24. The average Bonchev–Trinajstić information content (AvgIpc) is 2.89. The van der Waals surface area contributed by atoms with Gasteiger partial charge in [-0.2, -0.15) is 5.10 Å². The fraction of sp³-hybridized carbons (Fsp3) is 0.286. The lowest BCUT2D eigenvalue weighted by Gasteiger charge is -2.24. The number of fused-ring (bicyclic) bond motifs is 1. The van der Waals surface area contributed by atoms with Crippen LogP contribution in [0, 0.1) is 0 Å². The zero-order valence-corrected chi connectivity index (χ0v) is 11.6. The highest BCUT2D eigenvalue weighted by atomic mass is 16.5. The van der Waals surface area contributed by atoms with Gasteiger partial charge in [-0.1, -0.05) is 0 Å². The first-order valence-corrected chi connectivity index (χ1v) is 6.57. The molecule has 1 aromatic heterocycles. The van der Waals surface area contributed by atoms with Gasteiger partial charge in [0.2, 0.25) is 0 Å². The van der Waals surface area contributed by atoms with Crippen LogP contribution in [0.3, 0.4) is 0 Å². The summed E-state index contributed by atoms with van der Waals surface area (Å²) < 4.78 is 7.14. The van der Waals surface area contributed by atoms with E-state index in [2.05, 4.69) is 5.10 Å². The van der Waals surface area contributed by atoms with E-state index in [1.807, 2.05) is 0 Å². The van der Waals surface area contributed by atoms with Crippen molar-refractivity contribution in [3.05, 3.63) is 35.7 Å². The van der Waals surface area contributed by atoms with Crippen LogP contribution in [0.15, 0.2) is 24.4 Å². The molecule has 0 unspecified atom stereocenters. The molecular formula is C14H16N4O3. The van der Waals surface area contributed by atoms with E-state index >= 15 is 0 Å². The molecule has 21 heavy (non-hydrogen) atoms. The van der Waals surface area contributed by atoms with Crippen molar-refractivity contribution >= 4 is 11.8 Å². The monoisotopic (exact) mass is 288 g/mol. The maximum Gasteiger partial charge on any atom is 0.407 e. The molecule has 3 rings (SSSR count). The van der Waals surface area contributed by atoms with Gasteiger partial charge in [0.15, 0.2) is 0 Å². The number of ether oxygens (including phenoxy) is 1. The third-order valence-electron chi connectivity index (χ3n) is 3.64. The second kappa shape index (κ2) is 5.01. The first-order valence-electron chi connectivity index (χ1n) is 6.57. The van der Waals surface area contributed by atoms with Gasteiger partial charge in [0.25, 0.3) is 0 Å². The molecule has 110 valence electrons. The summed E-state index contributed by atoms with van der Waals surface area (Å²) in [6.45, 7) is 0.813. The Morgan fingerprint density at radius 2 is 2.29 bits per heavy atom. The number of anilines is 1. The SMILES string of the molecule is COc1ccc(N)cc1-n1ncc2c1CCN(C(=O)O)C2. The van der Waals surface area contributed by atoms with Gasteiger partial charge >= 0.3 is 6.09 Å². The number of rotatable bonds is 2. The molecule has 1 aromatic carbocycles. The average molecular weight is 288 g/mol. The molecule has 1 aliphatic rings. The Balaban J connectivity index is 2.03. The van der Waals surface area contributed by atoms with E-state index in [1.54, 1.807) is 36.2 Å². The van der Waals surface area contributed by atoms with Crippen LogP contribution in [-0.2, 0) is 13.0 Å². The van der Waals surface area contributed by atoms with Crippen molar-refractivity contribution in [1.82, 2.24) is 14.7 Å². The summed E-state index contributed by atoms with van der Waals surface area (Å²) in [5, 5.41) is 13.4. The Labute approximate surface area is 121 Å². The van der Waals surface area contributed by atoms with Crippen molar-refractivity contribution in [2.24, 2.45) is 0 Å². The first-order chi connectivity index (χ1) is 10.1. The van der Waals surface area contributed by atoms with Crippen molar-refractivity contribution in [3.63, 3.8) is 0 Å². The van der Waals surface area contributed by atoms with Crippen molar-refractivity contribution in [2.45, 2.75) is 13.0 Å². The number of hydrogen-bond acceptors (Lipinski definition) is 4. The maximum atomic E-state index is 11.0. The summed E-state index contributed by atoms with van der Waals surface area (Å²) in [6.07, 6.45) is 1.40. The molecule has 2 aromatic rings. The molecule has 0 aliphatic carbocycles. The van der Waals surface area contributed by atoms with Crippen LogP contribution < -0.4 is 10.5 Å². The third kappa shape index (κ3) is 2.26. The molecule has 1 amide bonds. The topological polar surface area (TPSA) is 93.6 Å². The second-order valence-corrected chi connectivity index (χ2v) is 4.91. The highest BCUT2D eigenvalue weighted by molar-refractivity contribution is 5.65. The third-order valence-corrected chi connectivity index (χ3v) is 3.64. The Bertz CT molecular complexity index is 696. The number of aromatic nitrogens is 2. The van der Waals surface area contributed by atoms with Crippen LogP contribution >= 0.6 is 0 Å². The zero-order chi connectivity index (χ0) is 15.0. The summed E-state index contributed by atoms with van der Waals surface area (Å²) >= 11 is 0. The lowest BCUT2D eigenvalue weighted by molar-refractivity contribution is 0.139. The summed E-state index contributed by atoms with van der Waals surface area (Å²) in [5.74, 6) is 0.677. The highest BCUT2D eigenvalue weighted by Crippen LogP contribution is 2.29. The molecule has 0 saturated carbocycles. The molecule has 0 saturated heterocycles. The predicted octanol–water partition coefficient (Wildman–Crippen LogP) is 1.50. The quantitative estimate of drug-likeness (QED) is 0.817. The Hall–Kier alpha value is -2.70. The van der Waals surface area contributed by atoms with Crippen LogP contribution in [0.5, 0.6) is 5.75 Å². The largest absolute Gasteiger partial charge is 0.494 e. The Morgan fingerprint density at radius 1 is 1.48 bits per heavy atom.